The number of nitrogens with one attached hydrogen (secondary N) is 1. The molecule has 3 aromatic rings. The predicted octanol–water partition coefficient (Wildman–Crippen LogP) is 5.24. The van der Waals surface area contributed by atoms with E-state index in [1.54, 1.807) is 0 Å². The van der Waals surface area contributed by atoms with Crippen LogP contribution >= 0.6 is 0 Å². The Bertz CT molecular complexity index is 844. The maximum absolute atomic E-state index is 6.00. The van der Waals surface area contributed by atoms with Crippen LogP contribution in [0.2, 0.25) is 0 Å². The lowest BCUT2D eigenvalue weighted by Crippen LogP contribution is -2.52. The average molecular weight is 427 g/mol. The normalized spacial score (nSPS) is 11.8. The molecule has 0 bridgehead atoms. The summed E-state index contributed by atoms with van der Waals surface area (Å²) in [7, 11) is 0. The highest BCUT2D eigenvalue weighted by Gasteiger charge is 2.23. The molecule has 1 unspecified atom stereocenters. The van der Waals surface area contributed by atoms with Gasteiger partial charge >= 0.3 is 0 Å². The molecule has 3 aromatic carbocycles. The first-order valence-electron chi connectivity index (χ1n) is 12.3. The number of hydrogen-bond donors (Lipinski definition) is 1. The first kappa shape index (κ1) is 24.1. The maximum atomic E-state index is 6.00. The Morgan fingerprint density at radius 2 is 1.41 bits per heavy atom. The lowest BCUT2D eigenvalue weighted by Gasteiger charge is -2.20. The van der Waals surface area contributed by atoms with Crippen molar-refractivity contribution < 1.29 is 4.74 Å². The summed E-state index contributed by atoms with van der Waals surface area (Å²) in [5.41, 5.74) is 5.15. The molecule has 0 heterocycles. The van der Waals surface area contributed by atoms with Crippen molar-refractivity contribution >= 4 is 28.8 Å². The minimum Gasteiger partial charge on any atom is -0.385 e. The molecule has 0 saturated carbocycles. The number of para-hydroxylation sites is 1. The second-order valence-corrected chi connectivity index (χ2v) is 8.61. The van der Waals surface area contributed by atoms with Crippen LogP contribution in [0.3, 0.4) is 0 Å². The van der Waals surface area contributed by atoms with Crippen LogP contribution in [0.5, 0.6) is 0 Å². The fraction of sp³-hybridized carbons (Fsp3) is 0.379. The van der Waals surface area contributed by atoms with Gasteiger partial charge in [-0.15, -0.1) is 0 Å². The van der Waals surface area contributed by atoms with Crippen LogP contribution in [0.25, 0.3) is 0 Å². The quantitative estimate of drug-likeness (QED) is 0.281. The number of anilines is 1. The standard InChI is InChI=1S/C29H38BNO/c1-3-5-15-25(4-2)24-32-23-14-22-31-29-21-13-12-20-28(29)30(26-16-8-6-9-17-26)27-18-10-7-11-19-27/h6-13,16-21,25,31H,3-5,14-15,22-24H2,1-2H3. The zero-order valence-corrected chi connectivity index (χ0v) is 19.8. The number of benzene rings is 3. The molecule has 1 atom stereocenters. The van der Waals surface area contributed by atoms with Crippen molar-refractivity contribution in [2.24, 2.45) is 5.92 Å². The van der Waals surface area contributed by atoms with Gasteiger partial charge in [-0.25, -0.2) is 0 Å². The highest BCUT2D eigenvalue weighted by atomic mass is 16.5. The molecule has 0 aliphatic rings. The third-order valence-electron chi connectivity index (χ3n) is 6.22. The van der Waals surface area contributed by atoms with Crippen molar-refractivity contribution in [3.63, 3.8) is 0 Å². The van der Waals surface area contributed by atoms with E-state index < -0.39 is 0 Å². The summed E-state index contributed by atoms with van der Waals surface area (Å²) in [4.78, 5) is 0. The summed E-state index contributed by atoms with van der Waals surface area (Å²) in [5, 5.41) is 3.69. The molecular weight excluding hydrogens is 389 g/mol. The van der Waals surface area contributed by atoms with Crippen LogP contribution in [0, 0.1) is 5.92 Å². The molecule has 2 nitrogen and oxygen atoms in total. The number of rotatable bonds is 14. The van der Waals surface area contributed by atoms with Crippen LogP contribution < -0.4 is 21.7 Å². The van der Waals surface area contributed by atoms with Gasteiger partial charge in [-0.1, -0.05) is 123 Å². The van der Waals surface area contributed by atoms with Crippen LogP contribution in [-0.4, -0.2) is 26.5 Å². The molecule has 0 fully saturated rings. The fourth-order valence-corrected chi connectivity index (χ4v) is 4.30. The molecule has 0 spiro atoms. The lowest BCUT2D eigenvalue weighted by atomic mass is 9.36. The first-order chi connectivity index (χ1) is 15.8. The number of hydrogen-bond acceptors (Lipinski definition) is 2. The summed E-state index contributed by atoms with van der Waals surface area (Å²) < 4.78 is 6.00. The van der Waals surface area contributed by atoms with Crippen molar-refractivity contribution in [3.8, 4) is 0 Å². The van der Waals surface area contributed by atoms with Gasteiger partial charge < -0.3 is 10.1 Å². The highest BCUT2D eigenvalue weighted by Crippen LogP contribution is 2.13. The SMILES string of the molecule is CCCCC(CC)COCCCNc1ccccc1B(c1ccccc1)c1ccccc1. The number of unbranched alkanes of at least 4 members (excludes halogenated alkanes) is 1. The van der Waals surface area contributed by atoms with Gasteiger partial charge in [0.05, 0.1) is 0 Å². The molecular formula is C29H38BNO. The minimum absolute atomic E-state index is 0.209. The van der Waals surface area contributed by atoms with Gasteiger partial charge in [0.15, 0.2) is 0 Å². The lowest BCUT2D eigenvalue weighted by molar-refractivity contribution is 0.0938. The third kappa shape index (κ3) is 7.27. The van der Waals surface area contributed by atoms with Crippen molar-refractivity contribution in [1.29, 1.82) is 0 Å². The smallest absolute Gasteiger partial charge is 0.243 e. The average Bonchev–Trinajstić information content (AvgIpc) is 2.85. The Morgan fingerprint density at radius 1 is 0.781 bits per heavy atom. The summed E-state index contributed by atoms with van der Waals surface area (Å²) in [5.74, 6) is 0.709. The Labute approximate surface area is 195 Å². The Hall–Kier alpha value is -2.52. The van der Waals surface area contributed by atoms with Crippen molar-refractivity contribution in [1.82, 2.24) is 0 Å². The minimum atomic E-state index is 0.209. The van der Waals surface area contributed by atoms with Crippen LogP contribution in [0.15, 0.2) is 84.9 Å². The van der Waals surface area contributed by atoms with Gasteiger partial charge in [-0.05, 0) is 30.3 Å². The molecule has 0 aromatic heterocycles. The summed E-state index contributed by atoms with van der Waals surface area (Å²) in [6.07, 6.45) is 6.10. The van der Waals surface area contributed by atoms with E-state index in [-0.39, 0.29) is 6.71 Å². The Balaban J connectivity index is 1.62. The first-order valence-corrected chi connectivity index (χ1v) is 12.3. The van der Waals surface area contributed by atoms with E-state index in [1.165, 1.54) is 47.8 Å². The van der Waals surface area contributed by atoms with E-state index in [2.05, 4.69) is 104 Å². The molecule has 0 amide bonds. The number of ether oxygens (including phenoxy) is 1. The second-order valence-electron chi connectivity index (χ2n) is 8.61. The van der Waals surface area contributed by atoms with Gasteiger partial charge in [0.2, 0.25) is 6.71 Å². The molecule has 168 valence electrons. The molecule has 0 radical (unpaired) electrons. The van der Waals surface area contributed by atoms with Gasteiger partial charge in [-0.3, -0.25) is 0 Å². The fourth-order valence-electron chi connectivity index (χ4n) is 4.30. The molecule has 0 aliphatic heterocycles. The van der Waals surface area contributed by atoms with E-state index >= 15 is 0 Å². The molecule has 3 heteroatoms. The molecule has 0 aliphatic carbocycles. The second kappa shape index (κ2) is 13.8. The monoisotopic (exact) mass is 427 g/mol. The third-order valence-corrected chi connectivity index (χ3v) is 6.22. The van der Waals surface area contributed by atoms with Crippen LogP contribution in [0.1, 0.15) is 46.0 Å². The molecule has 3 rings (SSSR count). The predicted molar refractivity (Wildman–Crippen MR) is 141 cm³/mol. The van der Waals surface area contributed by atoms with E-state index in [0.717, 1.165) is 26.2 Å². The Morgan fingerprint density at radius 3 is 2.03 bits per heavy atom. The zero-order chi connectivity index (χ0) is 22.4. The molecule has 32 heavy (non-hydrogen) atoms. The van der Waals surface area contributed by atoms with Gasteiger partial charge in [0.25, 0.3) is 0 Å². The van der Waals surface area contributed by atoms with Crippen molar-refractivity contribution in [2.45, 2.75) is 46.0 Å². The Kier molecular flexibility index (Phi) is 10.4. The summed E-state index contributed by atoms with van der Waals surface area (Å²) >= 11 is 0. The van der Waals surface area contributed by atoms with E-state index in [1.807, 2.05) is 0 Å². The van der Waals surface area contributed by atoms with Gasteiger partial charge in [0, 0.05) is 25.4 Å². The van der Waals surface area contributed by atoms with Gasteiger partial charge in [-0.2, -0.15) is 0 Å². The van der Waals surface area contributed by atoms with Crippen LogP contribution in [-0.2, 0) is 4.74 Å². The van der Waals surface area contributed by atoms with E-state index in [9.17, 15) is 0 Å². The van der Waals surface area contributed by atoms with Crippen LogP contribution in [0.4, 0.5) is 5.69 Å². The topological polar surface area (TPSA) is 21.3 Å². The van der Waals surface area contributed by atoms with Crippen molar-refractivity contribution in [2.75, 3.05) is 25.1 Å². The summed E-state index contributed by atoms with van der Waals surface area (Å²) in [6, 6.07) is 30.3. The summed E-state index contributed by atoms with van der Waals surface area (Å²) in [6.45, 7) is 7.38. The van der Waals surface area contributed by atoms with E-state index in [4.69, 9.17) is 4.74 Å². The zero-order valence-electron chi connectivity index (χ0n) is 19.8. The van der Waals surface area contributed by atoms with E-state index in [0.29, 0.717) is 5.92 Å². The maximum Gasteiger partial charge on any atom is 0.243 e. The highest BCUT2D eigenvalue weighted by molar-refractivity contribution is 6.96. The largest absolute Gasteiger partial charge is 0.385 e. The molecule has 1 N–H and O–H groups in total. The van der Waals surface area contributed by atoms with Gasteiger partial charge in [0.1, 0.15) is 0 Å². The molecule has 0 saturated heterocycles. The van der Waals surface area contributed by atoms with Crippen molar-refractivity contribution in [3.05, 3.63) is 84.9 Å².